The Morgan fingerprint density at radius 2 is 1.93 bits per heavy atom. The maximum Gasteiger partial charge on any atom is 0.271 e. The topological polar surface area (TPSA) is 131 Å². The van der Waals surface area contributed by atoms with Crippen molar-refractivity contribution in [2.24, 2.45) is 0 Å². The molecule has 3 rings (SSSR count). The molecule has 1 aliphatic heterocycles. The molecule has 2 N–H and O–H groups in total. The maximum absolute atomic E-state index is 12.3. The number of nitro benzene ring substituents is 1. The summed E-state index contributed by atoms with van der Waals surface area (Å²) in [5.41, 5.74) is 1.25. The van der Waals surface area contributed by atoms with Crippen LogP contribution >= 0.6 is 0 Å². The van der Waals surface area contributed by atoms with E-state index in [4.69, 9.17) is 4.74 Å². The van der Waals surface area contributed by atoms with Gasteiger partial charge < -0.3 is 15.4 Å². The molecule has 2 aromatic carbocycles. The van der Waals surface area contributed by atoms with Gasteiger partial charge in [0.15, 0.2) is 6.61 Å². The van der Waals surface area contributed by atoms with E-state index in [-0.39, 0.29) is 37.0 Å². The first kappa shape index (κ1) is 19.8. The molecular formula is C19H18N4O6. The summed E-state index contributed by atoms with van der Waals surface area (Å²) in [5.74, 6) is -0.817. The Kier molecular flexibility index (Phi) is 5.72. The van der Waals surface area contributed by atoms with Crippen molar-refractivity contribution in [2.75, 3.05) is 25.1 Å². The van der Waals surface area contributed by atoms with Crippen LogP contribution in [0.3, 0.4) is 0 Å². The lowest BCUT2D eigenvalue weighted by Gasteiger charge is -2.28. The number of hydrogen-bond acceptors (Lipinski definition) is 6. The molecule has 10 heteroatoms. The summed E-state index contributed by atoms with van der Waals surface area (Å²) in [6.07, 6.45) is 0. The predicted octanol–water partition coefficient (Wildman–Crippen LogP) is 0.996. The number of hydrogen-bond donors (Lipinski definition) is 2. The fourth-order valence-electron chi connectivity index (χ4n) is 2.80. The van der Waals surface area contributed by atoms with Gasteiger partial charge in [-0.2, -0.15) is 0 Å². The molecule has 3 amide bonds. The monoisotopic (exact) mass is 398 g/mol. The number of rotatable bonds is 6. The van der Waals surface area contributed by atoms with Crippen LogP contribution in [0.1, 0.15) is 15.9 Å². The molecule has 1 heterocycles. The molecule has 2 aromatic rings. The molecular weight excluding hydrogens is 380 g/mol. The second kappa shape index (κ2) is 8.38. The number of carbonyl (C=O) groups is 3. The maximum atomic E-state index is 12.3. The number of nitrogens with zero attached hydrogens (tertiary/aromatic N) is 2. The highest BCUT2D eigenvalue weighted by Crippen LogP contribution is 2.35. The Balaban J connectivity index is 1.66. The van der Waals surface area contributed by atoms with Crippen molar-refractivity contribution in [2.45, 2.75) is 6.54 Å². The lowest BCUT2D eigenvalue weighted by Crippen LogP contribution is -2.45. The zero-order valence-corrected chi connectivity index (χ0v) is 15.5. The summed E-state index contributed by atoms with van der Waals surface area (Å²) >= 11 is 0. The third kappa shape index (κ3) is 4.49. The largest absolute Gasteiger partial charge is 0.482 e. The molecule has 0 aromatic heterocycles. The average Bonchev–Trinajstić information content (AvgIpc) is 2.73. The van der Waals surface area contributed by atoms with Gasteiger partial charge >= 0.3 is 0 Å². The van der Waals surface area contributed by atoms with E-state index in [2.05, 4.69) is 10.6 Å². The van der Waals surface area contributed by atoms with Gasteiger partial charge in [0.2, 0.25) is 5.91 Å². The van der Waals surface area contributed by atoms with Gasteiger partial charge in [0.25, 0.3) is 17.5 Å². The molecule has 0 atom stereocenters. The summed E-state index contributed by atoms with van der Waals surface area (Å²) < 4.78 is 5.27. The van der Waals surface area contributed by atoms with Gasteiger partial charge in [-0.05, 0) is 23.8 Å². The number of carbonyl (C=O) groups excluding carboxylic acids is 3. The number of amides is 3. The van der Waals surface area contributed by atoms with Crippen molar-refractivity contribution in [3.8, 4) is 5.75 Å². The molecule has 1 aliphatic rings. The molecule has 0 spiro atoms. The number of benzene rings is 2. The van der Waals surface area contributed by atoms with Crippen molar-refractivity contribution in [1.82, 2.24) is 10.6 Å². The normalized spacial score (nSPS) is 12.6. The Labute approximate surface area is 165 Å². The van der Waals surface area contributed by atoms with E-state index in [0.29, 0.717) is 11.3 Å². The van der Waals surface area contributed by atoms with Crippen LogP contribution in [0, 0.1) is 10.1 Å². The zero-order chi connectivity index (χ0) is 21.0. The van der Waals surface area contributed by atoms with Crippen molar-refractivity contribution < 1.29 is 24.0 Å². The fraction of sp³-hybridized carbons (Fsp3) is 0.211. The van der Waals surface area contributed by atoms with E-state index in [1.54, 1.807) is 24.3 Å². The number of ether oxygens (including phenoxy) is 1. The molecule has 0 saturated heterocycles. The molecule has 29 heavy (non-hydrogen) atoms. The highest BCUT2D eigenvalue weighted by molar-refractivity contribution is 6.02. The van der Waals surface area contributed by atoms with Crippen LogP contribution in [0.4, 0.5) is 11.4 Å². The summed E-state index contributed by atoms with van der Waals surface area (Å²) in [7, 11) is 1.54. The van der Waals surface area contributed by atoms with Gasteiger partial charge in [-0.3, -0.25) is 29.4 Å². The van der Waals surface area contributed by atoms with Crippen LogP contribution < -0.4 is 20.3 Å². The SMILES string of the molecule is CNC(=O)c1ccc(CNC(=O)CN2C(=O)COc3ccc([N+](=O)[O-])cc32)cc1. The first-order valence-corrected chi connectivity index (χ1v) is 8.68. The predicted molar refractivity (Wildman–Crippen MR) is 103 cm³/mol. The quantitative estimate of drug-likeness (QED) is 0.551. The second-order valence-corrected chi connectivity index (χ2v) is 6.23. The summed E-state index contributed by atoms with van der Waals surface area (Å²) in [4.78, 5) is 47.6. The van der Waals surface area contributed by atoms with Crippen molar-refractivity contribution in [1.29, 1.82) is 0 Å². The first-order chi connectivity index (χ1) is 13.9. The first-order valence-electron chi connectivity index (χ1n) is 8.68. The van der Waals surface area contributed by atoms with E-state index < -0.39 is 16.7 Å². The number of fused-ring (bicyclic) bond motifs is 1. The number of nitrogens with one attached hydrogen (secondary N) is 2. The van der Waals surface area contributed by atoms with Crippen LogP contribution in [0.2, 0.25) is 0 Å². The second-order valence-electron chi connectivity index (χ2n) is 6.23. The average molecular weight is 398 g/mol. The molecule has 150 valence electrons. The summed E-state index contributed by atoms with van der Waals surface area (Å²) in [6, 6.07) is 10.6. The van der Waals surface area contributed by atoms with Crippen LogP contribution in [0.15, 0.2) is 42.5 Å². The van der Waals surface area contributed by atoms with Crippen LogP contribution in [0.5, 0.6) is 5.75 Å². The molecule has 0 aliphatic carbocycles. The van der Waals surface area contributed by atoms with E-state index in [9.17, 15) is 24.5 Å². The van der Waals surface area contributed by atoms with Crippen LogP contribution in [-0.2, 0) is 16.1 Å². The minimum absolute atomic E-state index is 0.181. The van der Waals surface area contributed by atoms with Gasteiger partial charge in [-0.1, -0.05) is 12.1 Å². The van der Waals surface area contributed by atoms with Crippen molar-refractivity contribution >= 4 is 29.1 Å². The van der Waals surface area contributed by atoms with Gasteiger partial charge in [0.05, 0.1) is 10.6 Å². The van der Waals surface area contributed by atoms with Crippen LogP contribution in [0.25, 0.3) is 0 Å². The molecule has 10 nitrogen and oxygen atoms in total. The van der Waals surface area contributed by atoms with Crippen LogP contribution in [-0.4, -0.2) is 42.8 Å². The highest BCUT2D eigenvalue weighted by atomic mass is 16.6. The van der Waals surface area contributed by atoms with Gasteiger partial charge in [0, 0.05) is 31.3 Å². The van der Waals surface area contributed by atoms with E-state index in [1.165, 1.54) is 25.2 Å². The minimum Gasteiger partial charge on any atom is -0.482 e. The smallest absolute Gasteiger partial charge is 0.271 e. The molecule has 0 saturated carbocycles. The Bertz CT molecular complexity index is 973. The third-order valence-electron chi connectivity index (χ3n) is 4.33. The lowest BCUT2D eigenvalue weighted by molar-refractivity contribution is -0.384. The summed E-state index contributed by atoms with van der Waals surface area (Å²) in [5, 5.41) is 16.2. The third-order valence-corrected chi connectivity index (χ3v) is 4.33. The van der Waals surface area contributed by atoms with E-state index in [0.717, 1.165) is 10.5 Å². The molecule has 0 unspecified atom stereocenters. The van der Waals surface area contributed by atoms with Gasteiger partial charge in [-0.15, -0.1) is 0 Å². The Hall–Kier alpha value is -3.95. The van der Waals surface area contributed by atoms with Gasteiger partial charge in [-0.25, -0.2) is 0 Å². The van der Waals surface area contributed by atoms with Crippen molar-refractivity contribution in [3.63, 3.8) is 0 Å². The molecule has 0 bridgehead atoms. The summed E-state index contributed by atoms with van der Waals surface area (Å²) in [6.45, 7) is -0.348. The van der Waals surface area contributed by atoms with Crippen molar-refractivity contribution in [3.05, 3.63) is 63.7 Å². The van der Waals surface area contributed by atoms with Gasteiger partial charge in [0.1, 0.15) is 12.3 Å². The molecule has 0 radical (unpaired) electrons. The zero-order valence-electron chi connectivity index (χ0n) is 15.5. The standard InChI is InChI=1S/C19H18N4O6/c1-20-19(26)13-4-2-12(3-5-13)9-21-17(24)10-22-15-8-14(23(27)28)6-7-16(15)29-11-18(22)25/h2-8H,9-11H2,1H3,(H,20,26)(H,21,24). The highest BCUT2D eigenvalue weighted by Gasteiger charge is 2.29. The Morgan fingerprint density at radius 1 is 1.21 bits per heavy atom. The fourth-order valence-corrected chi connectivity index (χ4v) is 2.80. The minimum atomic E-state index is -0.583. The van der Waals surface area contributed by atoms with E-state index >= 15 is 0 Å². The molecule has 0 fully saturated rings. The number of nitro groups is 1. The van der Waals surface area contributed by atoms with E-state index in [1.807, 2.05) is 0 Å². The number of anilines is 1. The lowest BCUT2D eigenvalue weighted by atomic mass is 10.1. The number of non-ortho nitro benzene ring substituents is 1. The Morgan fingerprint density at radius 3 is 2.59 bits per heavy atom.